The smallest absolute Gasteiger partial charge is 0.0468 e. The zero-order chi connectivity index (χ0) is 8.53. The third kappa shape index (κ3) is 7.38. The van der Waals surface area contributed by atoms with E-state index in [1.165, 1.54) is 0 Å². The second-order valence-corrected chi connectivity index (χ2v) is 2.67. The van der Waals surface area contributed by atoms with Crippen molar-refractivity contribution in [2.75, 3.05) is 19.7 Å². The topological polar surface area (TPSA) is 32.3 Å². The summed E-state index contributed by atoms with van der Waals surface area (Å²) < 4.78 is 0. The second kappa shape index (κ2) is 7.59. The van der Waals surface area contributed by atoms with Crippen LogP contribution in [0.2, 0.25) is 0 Å². The number of aliphatic hydroxyl groups excluding tert-OH is 1. The average molecular weight is 155 g/mol. The van der Waals surface area contributed by atoms with Crippen LogP contribution in [0.15, 0.2) is 0 Å². The lowest BCUT2D eigenvalue weighted by molar-refractivity contribution is 0.234. The first-order valence-corrected chi connectivity index (χ1v) is 4.02. The molecule has 0 aliphatic heterocycles. The predicted molar refractivity (Wildman–Crippen MR) is 47.2 cm³/mol. The molecule has 0 saturated carbocycles. The minimum atomic E-state index is 0.256. The minimum Gasteiger partial charge on any atom is -0.396 e. The summed E-state index contributed by atoms with van der Waals surface area (Å²) >= 11 is 0. The molecule has 0 spiro atoms. The molecule has 0 amide bonds. The molecular weight excluding hydrogens is 138 g/mol. The third-order valence-electron chi connectivity index (χ3n) is 1.41. The van der Waals surface area contributed by atoms with Crippen LogP contribution in [0.5, 0.6) is 0 Å². The number of rotatable bonds is 5. The first kappa shape index (κ1) is 10.5. The van der Waals surface area contributed by atoms with Gasteiger partial charge in [-0.3, -0.25) is 0 Å². The van der Waals surface area contributed by atoms with Crippen LogP contribution in [0, 0.1) is 17.8 Å². The fourth-order valence-corrected chi connectivity index (χ4v) is 0.689. The van der Waals surface area contributed by atoms with Gasteiger partial charge >= 0.3 is 0 Å². The highest BCUT2D eigenvalue weighted by Crippen LogP contribution is 1.87. The number of hydrogen-bond acceptors (Lipinski definition) is 2. The van der Waals surface area contributed by atoms with Crippen molar-refractivity contribution in [2.24, 2.45) is 5.92 Å². The fraction of sp³-hybridized carbons (Fsp3) is 0.778. The van der Waals surface area contributed by atoms with E-state index in [2.05, 4.69) is 17.2 Å². The van der Waals surface area contributed by atoms with E-state index in [-0.39, 0.29) is 6.61 Å². The van der Waals surface area contributed by atoms with E-state index in [9.17, 15) is 0 Å². The number of hydrogen-bond donors (Lipinski definition) is 2. The van der Waals surface area contributed by atoms with Crippen LogP contribution in [-0.2, 0) is 0 Å². The van der Waals surface area contributed by atoms with Crippen LogP contribution in [0.3, 0.4) is 0 Å². The van der Waals surface area contributed by atoms with Gasteiger partial charge in [-0.15, -0.1) is 11.8 Å². The molecule has 0 saturated heterocycles. The maximum atomic E-state index is 8.67. The van der Waals surface area contributed by atoms with Crippen molar-refractivity contribution in [3.05, 3.63) is 0 Å². The zero-order valence-electron chi connectivity index (χ0n) is 7.35. The normalized spacial score (nSPS) is 11.9. The molecule has 11 heavy (non-hydrogen) atoms. The van der Waals surface area contributed by atoms with Crippen molar-refractivity contribution in [1.29, 1.82) is 0 Å². The van der Waals surface area contributed by atoms with Gasteiger partial charge in [0.2, 0.25) is 0 Å². The van der Waals surface area contributed by atoms with Crippen molar-refractivity contribution in [3.63, 3.8) is 0 Å². The highest BCUT2D eigenvalue weighted by molar-refractivity contribution is 4.95. The first-order valence-electron chi connectivity index (χ1n) is 4.02. The van der Waals surface area contributed by atoms with Gasteiger partial charge in [-0.05, 0) is 19.4 Å². The molecule has 2 heteroatoms. The van der Waals surface area contributed by atoms with Crippen LogP contribution >= 0.6 is 0 Å². The minimum absolute atomic E-state index is 0.256. The van der Waals surface area contributed by atoms with Crippen LogP contribution in [0.1, 0.15) is 20.3 Å². The summed E-state index contributed by atoms with van der Waals surface area (Å²) in [7, 11) is 0. The Morgan fingerprint density at radius 2 is 2.27 bits per heavy atom. The second-order valence-electron chi connectivity index (χ2n) is 2.67. The SMILES string of the molecule is CC#CCCNCC(C)CO. The lowest BCUT2D eigenvalue weighted by Crippen LogP contribution is -2.23. The molecular formula is C9H17NO. The number of aliphatic hydroxyl groups is 1. The zero-order valence-corrected chi connectivity index (χ0v) is 7.35. The monoisotopic (exact) mass is 155 g/mol. The van der Waals surface area contributed by atoms with Crippen molar-refractivity contribution < 1.29 is 5.11 Å². The molecule has 0 radical (unpaired) electrons. The van der Waals surface area contributed by atoms with Gasteiger partial charge < -0.3 is 10.4 Å². The maximum Gasteiger partial charge on any atom is 0.0468 e. The van der Waals surface area contributed by atoms with E-state index in [0.717, 1.165) is 19.5 Å². The van der Waals surface area contributed by atoms with Crippen molar-refractivity contribution >= 4 is 0 Å². The molecule has 1 atom stereocenters. The summed E-state index contributed by atoms with van der Waals surface area (Å²) in [5.74, 6) is 6.15. The lowest BCUT2D eigenvalue weighted by atomic mass is 10.2. The number of nitrogens with one attached hydrogen (secondary N) is 1. The van der Waals surface area contributed by atoms with Crippen LogP contribution in [0.25, 0.3) is 0 Å². The molecule has 0 aromatic heterocycles. The van der Waals surface area contributed by atoms with Crippen molar-refractivity contribution in [1.82, 2.24) is 5.32 Å². The quantitative estimate of drug-likeness (QED) is 0.450. The van der Waals surface area contributed by atoms with E-state index in [1.807, 2.05) is 13.8 Å². The van der Waals surface area contributed by atoms with Crippen LogP contribution in [-0.4, -0.2) is 24.8 Å². The molecule has 0 aliphatic rings. The molecule has 64 valence electrons. The maximum absolute atomic E-state index is 8.67. The Hall–Kier alpha value is -0.520. The van der Waals surface area contributed by atoms with Gasteiger partial charge in [0, 0.05) is 19.6 Å². The Labute approximate surface area is 69.0 Å². The van der Waals surface area contributed by atoms with Gasteiger partial charge in [0.05, 0.1) is 0 Å². The van der Waals surface area contributed by atoms with Gasteiger partial charge in [-0.1, -0.05) is 6.92 Å². The molecule has 2 N–H and O–H groups in total. The lowest BCUT2D eigenvalue weighted by Gasteiger charge is -2.07. The van der Waals surface area contributed by atoms with E-state index in [4.69, 9.17) is 5.11 Å². The predicted octanol–water partition coefficient (Wildman–Crippen LogP) is 0.618. The molecule has 0 rings (SSSR count). The fourth-order valence-electron chi connectivity index (χ4n) is 0.689. The van der Waals surface area contributed by atoms with E-state index < -0.39 is 0 Å². The molecule has 1 unspecified atom stereocenters. The third-order valence-corrected chi connectivity index (χ3v) is 1.41. The van der Waals surface area contributed by atoms with Crippen LogP contribution < -0.4 is 5.32 Å². The van der Waals surface area contributed by atoms with Gasteiger partial charge in [0.15, 0.2) is 0 Å². The molecule has 2 nitrogen and oxygen atoms in total. The summed E-state index contributed by atoms with van der Waals surface area (Å²) in [5.41, 5.74) is 0. The van der Waals surface area contributed by atoms with Gasteiger partial charge in [-0.25, -0.2) is 0 Å². The highest BCUT2D eigenvalue weighted by Gasteiger charge is 1.96. The Kier molecular flexibility index (Phi) is 7.23. The van der Waals surface area contributed by atoms with Gasteiger partial charge in [0.1, 0.15) is 0 Å². The van der Waals surface area contributed by atoms with Crippen molar-refractivity contribution in [2.45, 2.75) is 20.3 Å². The average Bonchev–Trinajstić information content (AvgIpc) is 2.04. The molecule has 0 aromatic carbocycles. The van der Waals surface area contributed by atoms with Gasteiger partial charge in [0.25, 0.3) is 0 Å². The standard InChI is InChI=1S/C9H17NO/c1-3-4-5-6-10-7-9(2)8-11/h9-11H,5-8H2,1-2H3. The van der Waals surface area contributed by atoms with E-state index >= 15 is 0 Å². The summed E-state index contributed by atoms with van der Waals surface area (Å²) in [6.45, 7) is 5.91. The van der Waals surface area contributed by atoms with Crippen molar-refractivity contribution in [3.8, 4) is 11.8 Å². The summed E-state index contributed by atoms with van der Waals surface area (Å²) in [4.78, 5) is 0. The molecule has 0 aromatic rings. The molecule has 0 heterocycles. The summed E-state index contributed by atoms with van der Waals surface area (Å²) in [6, 6.07) is 0. The van der Waals surface area contributed by atoms with E-state index in [0.29, 0.717) is 5.92 Å². The largest absolute Gasteiger partial charge is 0.396 e. The summed E-state index contributed by atoms with van der Waals surface area (Å²) in [5, 5.41) is 11.9. The van der Waals surface area contributed by atoms with E-state index in [1.54, 1.807) is 0 Å². The van der Waals surface area contributed by atoms with Gasteiger partial charge in [-0.2, -0.15) is 0 Å². The molecule has 0 bridgehead atoms. The van der Waals surface area contributed by atoms with Crippen LogP contribution in [0.4, 0.5) is 0 Å². The molecule has 0 fully saturated rings. The Morgan fingerprint density at radius 3 is 2.82 bits per heavy atom. The summed E-state index contributed by atoms with van der Waals surface area (Å²) in [6.07, 6.45) is 0.897. The Bertz CT molecular complexity index is 134. The Balaban J connectivity index is 3.05. The highest BCUT2D eigenvalue weighted by atomic mass is 16.3. The molecule has 0 aliphatic carbocycles. The Morgan fingerprint density at radius 1 is 1.55 bits per heavy atom. The first-order chi connectivity index (χ1) is 5.31.